The van der Waals surface area contributed by atoms with Crippen LogP contribution in [0.4, 0.5) is 8.78 Å². The molecular formula is C21H28Cl2F2N2O7. The number of carbonyl (C=O) groups is 3. The van der Waals surface area contributed by atoms with Crippen molar-refractivity contribution in [3.05, 3.63) is 35.6 Å². The fourth-order valence-corrected chi connectivity index (χ4v) is 4.21. The molecule has 1 aromatic carbocycles. The molecule has 0 saturated heterocycles. The van der Waals surface area contributed by atoms with Crippen LogP contribution in [0.3, 0.4) is 0 Å². The van der Waals surface area contributed by atoms with Crippen molar-refractivity contribution in [2.75, 3.05) is 6.79 Å². The Bertz CT molecular complexity index is 908. The second-order valence-corrected chi connectivity index (χ2v) is 8.54. The molecule has 2 fully saturated rings. The van der Waals surface area contributed by atoms with Crippen molar-refractivity contribution in [1.82, 2.24) is 0 Å². The molecule has 2 aliphatic rings. The van der Waals surface area contributed by atoms with Crippen molar-refractivity contribution < 1.29 is 42.5 Å². The number of benzene rings is 1. The Hall–Kier alpha value is -2.05. The first kappa shape index (κ1) is 30.0. The Labute approximate surface area is 207 Å². The maximum atomic E-state index is 14.9. The fraction of sp³-hybridized carbons (Fsp3) is 0.571. The van der Waals surface area contributed by atoms with Gasteiger partial charge in [0.05, 0.1) is 12.7 Å². The maximum absolute atomic E-state index is 14.9. The van der Waals surface area contributed by atoms with Crippen molar-refractivity contribution in [2.45, 2.75) is 50.2 Å². The third-order valence-electron chi connectivity index (χ3n) is 6.23. The van der Waals surface area contributed by atoms with Crippen molar-refractivity contribution in [2.24, 2.45) is 29.2 Å². The van der Waals surface area contributed by atoms with Gasteiger partial charge in [0, 0.05) is 11.8 Å². The van der Waals surface area contributed by atoms with Crippen LogP contribution in [0.2, 0.25) is 0 Å². The van der Waals surface area contributed by atoms with Gasteiger partial charge in [-0.1, -0.05) is 26.0 Å². The summed E-state index contributed by atoms with van der Waals surface area (Å²) in [6, 6.07) is 4.45. The van der Waals surface area contributed by atoms with Crippen molar-refractivity contribution >= 4 is 42.7 Å². The fourth-order valence-electron chi connectivity index (χ4n) is 4.21. The van der Waals surface area contributed by atoms with Gasteiger partial charge >= 0.3 is 17.9 Å². The van der Waals surface area contributed by atoms with Crippen LogP contribution in [-0.4, -0.2) is 53.2 Å². The van der Waals surface area contributed by atoms with Gasteiger partial charge in [0.2, 0.25) is 12.5 Å². The summed E-state index contributed by atoms with van der Waals surface area (Å²) in [6.07, 6.45) is -1.19. The molecule has 2 saturated carbocycles. The summed E-state index contributed by atoms with van der Waals surface area (Å²) >= 11 is 0. The maximum Gasteiger partial charge on any atom is 0.342 e. The smallest absolute Gasteiger partial charge is 0.342 e. The highest BCUT2D eigenvalue weighted by Gasteiger charge is 2.85. The number of nitrogens with two attached hydrogens (primary N) is 2. The van der Waals surface area contributed by atoms with E-state index in [4.69, 9.17) is 25.7 Å². The predicted octanol–water partition coefficient (Wildman–Crippen LogP) is 1.72. The quantitative estimate of drug-likeness (QED) is 0.321. The average molecular weight is 529 g/mol. The summed E-state index contributed by atoms with van der Waals surface area (Å²) in [4.78, 5) is 36.1. The zero-order chi connectivity index (χ0) is 23.8. The van der Waals surface area contributed by atoms with E-state index in [2.05, 4.69) is 0 Å². The number of hydrogen-bond donors (Lipinski definition) is 3. The van der Waals surface area contributed by atoms with Crippen molar-refractivity contribution in [3.8, 4) is 0 Å². The lowest BCUT2D eigenvalue weighted by molar-refractivity contribution is -0.178. The highest BCUT2D eigenvalue weighted by Crippen LogP contribution is 2.67. The van der Waals surface area contributed by atoms with Crippen LogP contribution in [0.5, 0.6) is 0 Å². The van der Waals surface area contributed by atoms with E-state index in [0.29, 0.717) is 5.56 Å². The molecule has 1 aromatic rings. The Balaban J connectivity index is 0.00000289. The van der Waals surface area contributed by atoms with E-state index in [1.165, 1.54) is 24.3 Å². The summed E-state index contributed by atoms with van der Waals surface area (Å²) in [5, 5.41) is 9.27. The molecule has 0 aromatic heterocycles. The van der Waals surface area contributed by atoms with Gasteiger partial charge in [-0.05, 0) is 30.0 Å². The van der Waals surface area contributed by atoms with E-state index >= 15 is 0 Å². The highest BCUT2D eigenvalue weighted by atomic mass is 35.5. The van der Waals surface area contributed by atoms with E-state index in [1.54, 1.807) is 13.8 Å². The molecule has 0 aliphatic heterocycles. The highest BCUT2D eigenvalue weighted by molar-refractivity contribution is 5.91. The van der Waals surface area contributed by atoms with Crippen molar-refractivity contribution in [1.29, 1.82) is 0 Å². The van der Waals surface area contributed by atoms with Gasteiger partial charge in [-0.2, -0.15) is 0 Å². The van der Waals surface area contributed by atoms with Crippen LogP contribution < -0.4 is 11.5 Å². The molecule has 0 unspecified atom stereocenters. The van der Waals surface area contributed by atoms with E-state index in [9.17, 15) is 28.3 Å². The number of carbonyl (C=O) groups excluding carboxylic acids is 2. The van der Waals surface area contributed by atoms with Crippen LogP contribution >= 0.6 is 24.8 Å². The lowest BCUT2D eigenvalue weighted by Gasteiger charge is -2.33. The number of carboxylic acid groups (broad SMARTS) is 1. The first-order valence-corrected chi connectivity index (χ1v) is 10.1. The number of esters is 2. The van der Waals surface area contributed by atoms with Gasteiger partial charge in [0.15, 0.2) is 0 Å². The number of alkyl halides is 1. The van der Waals surface area contributed by atoms with E-state index < -0.39 is 65.7 Å². The normalized spacial score (nSPS) is 29.8. The Kier molecular flexibility index (Phi) is 9.81. The van der Waals surface area contributed by atoms with Crippen LogP contribution in [0, 0.1) is 23.6 Å². The van der Waals surface area contributed by atoms with E-state index in [1.807, 2.05) is 0 Å². The van der Waals surface area contributed by atoms with Crippen LogP contribution in [-0.2, 0) is 35.2 Å². The second kappa shape index (κ2) is 11.1. The Morgan fingerprint density at radius 2 is 1.76 bits per heavy atom. The molecule has 34 heavy (non-hydrogen) atoms. The SMILES string of the molecule is CC(C)[C@H](N)C(=O)OCOC(=O)[C@@]1(N)[C@H]2[C@@H](C[C@H]1OCc1ccc(F)cc1)[C@]2(F)C(=O)O.Cl.Cl. The van der Waals surface area contributed by atoms with Crippen LogP contribution in [0.1, 0.15) is 25.8 Å². The number of hydrogen-bond acceptors (Lipinski definition) is 8. The Morgan fingerprint density at radius 1 is 1.18 bits per heavy atom. The number of carboxylic acids is 1. The van der Waals surface area contributed by atoms with Crippen LogP contribution in [0.25, 0.3) is 0 Å². The summed E-state index contributed by atoms with van der Waals surface area (Å²) in [7, 11) is 0. The molecule has 0 bridgehead atoms. The third-order valence-corrected chi connectivity index (χ3v) is 6.23. The zero-order valence-corrected chi connectivity index (χ0v) is 20.1. The van der Waals surface area contributed by atoms with Gasteiger partial charge in [-0.15, -0.1) is 24.8 Å². The number of halogens is 4. The lowest BCUT2D eigenvalue weighted by Crippen LogP contribution is -2.61. The molecule has 192 valence electrons. The minimum atomic E-state index is -2.68. The summed E-state index contributed by atoms with van der Waals surface area (Å²) in [5.41, 5.74) is 7.65. The standard InChI is InChI=1S/C21H26F2N2O7.2ClH/c1-10(2)15(24)17(26)31-9-32-19(29)21(25)14(7-13-16(21)20(13,23)18(27)28)30-8-11-3-5-12(22)6-4-11;;/h3-6,10,13-16H,7-9,24-25H2,1-2H3,(H,27,28);2*1H/t13-,14-,15+,16+,20-,21+;;/m1../s1. The molecule has 3 rings (SSSR count). The van der Waals surface area contributed by atoms with Gasteiger partial charge in [0.1, 0.15) is 17.4 Å². The van der Waals surface area contributed by atoms with Crippen LogP contribution in [0.15, 0.2) is 24.3 Å². The second-order valence-electron chi connectivity index (χ2n) is 8.54. The van der Waals surface area contributed by atoms with Gasteiger partial charge in [-0.25, -0.2) is 18.4 Å². The molecule has 0 spiro atoms. The molecule has 6 atom stereocenters. The summed E-state index contributed by atoms with van der Waals surface area (Å²) < 4.78 is 43.5. The average Bonchev–Trinajstić information content (AvgIpc) is 3.22. The molecular weight excluding hydrogens is 501 g/mol. The molecule has 0 heterocycles. The Morgan fingerprint density at radius 3 is 2.29 bits per heavy atom. The molecule has 0 radical (unpaired) electrons. The lowest BCUT2D eigenvalue weighted by atomic mass is 9.87. The van der Waals surface area contributed by atoms with Gasteiger partial charge in [-0.3, -0.25) is 4.79 Å². The zero-order valence-electron chi connectivity index (χ0n) is 18.4. The monoisotopic (exact) mass is 528 g/mol. The van der Waals surface area contributed by atoms with E-state index in [0.717, 1.165) is 0 Å². The molecule has 5 N–H and O–H groups in total. The minimum Gasteiger partial charge on any atom is -0.479 e. The first-order valence-electron chi connectivity index (χ1n) is 10.1. The van der Waals surface area contributed by atoms with Crippen molar-refractivity contribution in [3.63, 3.8) is 0 Å². The van der Waals surface area contributed by atoms with E-state index in [-0.39, 0.29) is 43.8 Å². The molecule has 13 heteroatoms. The largest absolute Gasteiger partial charge is 0.479 e. The number of fused-ring (bicyclic) bond motifs is 1. The topological polar surface area (TPSA) is 151 Å². The summed E-state index contributed by atoms with van der Waals surface area (Å²) in [6.45, 7) is 2.52. The predicted molar refractivity (Wildman–Crippen MR) is 119 cm³/mol. The number of rotatable bonds is 9. The first-order chi connectivity index (χ1) is 14.9. The number of ether oxygens (including phenoxy) is 3. The van der Waals surface area contributed by atoms with Gasteiger partial charge in [0.25, 0.3) is 0 Å². The molecule has 0 amide bonds. The van der Waals surface area contributed by atoms with Gasteiger partial charge < -0.3 is 30.8 Å². The minimum absolute atomic E-state index is 0. The third kappa shape index (κ3) is 5.28. The number of aliphatic carboxylic acids is 1. The summed E-state index contributed by atoms with van der Waals surface area (Å²) in [5.74, 6) is -6.73. The molecule has 9 nitrogen and oxygen atoms in total. The molecule has 2 aliphatic carbocycles.